The number of benzene rings is 1. The number of aromatic nitrogens is 1. The molecule has 2 aromatic rings. The number of hydrogen-bond acceptors (Lipinski definition) is 4. The molecule has 0 radical (unpaired) electrons. The third-order valence-corrected chi connectivity index (χ3v) is 5.20. The van der Waals surface area contributed by atoms with E-state index >= 15 is 0 Å². The maximum Gasteiger partial charge on any atom is 0.317 e. The van der Waals surface area contributed by atoms with Crippen molar-refractivity contribution < 1.29 is 9.53 Å². The summed E-state index contributed by atoms with van der Waals surface area (Å²) in [6, 6.07) is 10.4. The maximum absolute atomic E-state index is 12.2. The van der Waals surface area contributed by atoms with Crippen molar-refractivity contribution in [2.24, 2.45) is 0 Å². The van der Waals surface area contributed by atoms with Crippen LogP contribution in [0.3, 0.4) is 0 Å². The van der Waals surface area contributed by atoms with Crippen molar-refractivity contribution >= 4 is 17.4 Å². The minimum absolute atomic E-state index is 0.0123. The summed E-state index contributed by atoms with van der Waals surface area (Å²) in [7, 11) is 1.86. The zero-order valence-corrected chi connectivity index (χ0v) is 14.7. The Morgan fingerprint density at radius 2 is 2.08 bits per heavy atom. The lowest BCUT2D eigenvalue weighted by Gasteiger charge is -2.31. The first-order valence-electron chi connectivity index (χ1n) is 8.32. The van der Waals surface area contributed by atoms with Gasteiger partial charge in [0, 0.05) is 50.2 Å². The summed E-state index contributed by atoms with van der Waals surface area (Å²) in [6.45, 7) is 2.08. The largest absolute Gasteiger partial charge is 0.381 e. The number of ether oxygens (including phenoxy) is 1. The molecule has 6 heteroatoms. The van der Waals surface area contributed by atoms with Crippen LogP contribution < -0.4 is 5.32 Å². The predicted molar refractivity (Wildman–Crippen MR) is 96.3 cm³/mol. The number of urea groups is 1. The molecular formula is C18H23N3O2S. The summed E-state index contributed by atoms with van der Waals surface area (Å²) < 4.78 is 5.34. The van der Waals surface area contributed by atoms with Gasteiger partial charge in [-0.1, -0.05) is 30.3 Å². The molecule has 0 spiro atoms. The van der Waals surface area contributed by atoms with Gasteiger partial charge in [-0.05, 0) is 12.8 Å². The molecule has 0 atom stereocenters. The number of thiazole rings is 1. The highest BCUT2D eigenvalue weighted by Gasteiger charge is 2.22. The molecule has 1 aliphatic heterocycles. The topological polar surface area (TPSA) is 54.5 Å². The van der Waals surface area contributed by atoms with Crippen molar-refractivity contribution in [1.82, 2.24) is 15.2 Å². The molecular weight excluding hydrogens is 322 g/mol. The Morgan fingerprint density at radius 3 is 2.83 bits per heavy atom. The summed E-state index contributed by atoms with van der Waals surface area (Å²) in [5.74, 6) is 0. The highest BCUT2D eigenvalue weighted by Crippen LogP contribution is 2.21. The van der Waals surface area contributed by atoms with E-state index in [1.165, 1.54) is 0 Å². The number of hydrogen-bond donors (Lipinski definition) is 1. The summed E-state index contributed by atoms with van der Waals surface area (Å²) in [5.41, 5.74) is 2.13. The van der Waals surface area contributed by atoms with Gasteiger partial charge in [0.15, 0.2) is 0 Å². The van der Waals surface area contributed by atoms with Crippen LogP contribution in [0.5, 0.6) is 0 Å². The average molecular weight is 345 g/mol. The van der Waals surface area contributed by atoms with Gasteiger partial charge in [-0.15, -0.1) is 11.3 Å². The van der Waals surface area contributed by atoms with Gasteiger partial charge in [-0.3, -0.25) is 0 Å². The number of amides is 2. The summed E-state index contributed by atoms with van der Waals surface area (Å²) in [4.78, 5) is 18.7. The van der Waals surface area contributed by atoms with E-state index in [0.29, 0.717) is 6.54 Å². The fourth-order valence-electron chi connectivity index (χ4n) is 2.81. The van der Waals surface area contributed by atoms with E-state index in [1.807, 2.05) is 25.2 Å². The smallest absolute Gasteiger partial charge is 0.317 e. The molecule has 1 aromatic carbocycles. The van der Waals surface area contributed by atoms with Gasteiger partial charge in [0.2, 0.25) is 0 Å². The fourth-order valence-corrected chi connectivity index (χ4v) is 3.61. The van der Waals surface area contributed by atoms with E-state index in [1.54, 1.807) is 16.2 Å². The third kappa shape index (κ3) is 4.33. The minimum Gasteiger partial charge on any atom is -0.381 e. The number of nitrogens with zero attached hydrogens (tertiary/aromatic N) is 2. The molecule has 0 unspecified atom stereocenters. The Labute approximate surface area is 146 Å². The summed E-state index contributed by atoms with van der Waals surface area (Å²) in [5, 5.41) is 6.10. The molecule has 0 bridgehead atoms. The van der Waals surface area contributed by atoms with Gasteiger partial charge in [0.1, 0.15) is 0 Å². The number of carbonyl (C=O) groups excluding carboxylic acids is 1. The van der Waals surface area contributed by atoms with Gasteiger partial charge >= 0.3 is 6.03 Å². The Hall–Kier alpha value is -1.92. The summed E-state index contributed by atoms with van der Waals surface area (Å²) in [6.07, 6.45) is 2.58. The molecule has 1 aromatic heterocycles. The first-order valence-corrected chi connectivity index (χ1v) is 9.20. The van der Waals surface area contributed by atoms with E-state index in [-0.39, 0.29) is 12.1 Å². The molecule has 24 heavy (non-hydrogen) atoms. The third-order valence-electron chi connectivity index (χ3n) is 4.30. The molecule has 1 N–H and O–H groups in total. The first-order chi connectivity index (χ1) is 11.7. The molecule has 1 aliphatic rings. The maximum atomic E-state index is 12.2. The Balaban J connectivity index is 1.46. The number of nitrogens with one attached hydrogen (secondary N) is 1. The predicted octanol–water partition coefficient (Wildman–Crippen LogP) is 3.17. The van der Waals surface area contributed by atoms with Crippen LogP contribution in [0.4, 0.5) is 4.79 Å². The van der Waals surface area contributed by atoms with Crippen LogP contribution >= 0.6 is 11.3 Å². The van der Waals surface area contributed by atoms with E-state index in [0.717, 1.165) is 48.7 Å². The van der Waals surface area contributed by atoms with Crippen molar-refractivity contribution in [2.45, 2.75) is 25.3 Å². The SMILES string of the molecule is CN(C(=O)NCCc1nc(-c2ccccc2)cs1)C1CCOCC1. The van der Waals surface area contributed by atoms with Gasteiger partial charge in [-0.2, -0.15) is 0 Å². The van der Waals surface area contributed by atoms with Gasteiger partial charge < -0.3 is 15.0 Å². The second-order valence-electron chi connectivity index (χ2n) is 5.93. The monoisotopic (exact) mass is 345 g/mol. The van der Waals surface area contributed by atoms with Gasteiger partial charge in [0.25, 0.3) is 0 Å². The molecule has 2 amide bonds. The van der Waals surface area contributed by atoms with E-state index < -0.39 is 0 Å². The van der Waals surface area contributed by atoms with Crippen molar-refractivity contribution in [2.75, 3.05) is 26.8 Å². The Bertz CT molecular complexity index is 653. The zero-order chi connectivity index (χ0) is 16.8. The first kappa shape index (κ1) is 16.9. The lowest BCUT2D eigenvalue weighted by molar-refractivity contribution is 0.0526. The van der Waals surface area contributed by atoms with Crippen LogP contribution in [0.15, 0.2) is 35.7 Å². The second-order valence-corrected chi connectivity index (χ2v) is 6.87. The zero-order valence-electron chi connectivity index (χ0n) is 13.9. The molecule has 1 fully saturated rings. The normalized spacial score (nSPS) is 15.2. The van der Waals surface area contributed by atoms with Gasteiger partial charge in [-0.25, -0.2) is 9.78 Å². The molecule has 2 heterocycles. The number of carbonyl (C=O) groups is 1. The average Bonchev–Trinajstić information content (AvgIpc) is 3.11. The minimum atomic E-state index is -0.0123. The summed E-state index contributed by atoms with van der Waals surface area (Å²) >= 11 is 1.64. The molecule has 3 rings (SSSR count). The van der Waals surface area contributed by atoms with Crippen molar-refractivity contribution in [1.29, 1.82) is 0 Å². The fraction of sp³-hybridized carbons (Fsp3) is 0.444. The van der Waals surface area contributed by atoms with Crippen molar-refractivity contribution in [3.63, 3.8) is 0 Å². The Kier molecular flexibility index (Phi) is 5.82. The van der Waals surface area contributed by atoms with E-state index in [9.17, 15) is 4.79 Å². The van der Waals surface area contributed by atoms with Crippen molar-refractivity contribution in [3.05, 3.63) is 40.7 Å². The van der Waals surface area contributed by atoms with Crippen LogP contribution in [-0.2, 0) is 11.2 Å². The quantitative estimate of drug-likeness (QED) is 0.905. The molecule has 0 saturated carbocycles. The lowest BCUT2D eigenvalue weighted by atomic mass is 10.1. The Morgan fingerprint density at radius 1 is 1.33 bits per heavy atom. The highest BCUT2D eigenvalue weighted by molar-refractivity contribution is 7.09. The molecule has 5 nitrogen and oxygen atoms in total. The standard InChI is InChI=1S/C18H23N3O2S/c1-21(15-8-11-23-12-9-15)18(22)19-10-7-17-20-16(13-24-17)14-5-3-2-4-6-14/h2-6,13,15H,7-12H2,1H3,(H,19,22). The highest BCUT2D eigenvalue weighted by atomic mass is 32.1. The van der Waals surface area contributed by atoms with E-state index in [4.69, 9.17) is 4.74 Å². The molecule has 128 valence electrons. The van der Waals surface area contributed by atoms with Gasteiger partial charge in [0.05, 0.1) is 10.7 Å². The molecule has 1 saturated heterocycles. The second kappa shape index (κ2) is 8.26. The van der Waals surface area contributed by atoms with Crippen LogP contribution in [0.1, 0.15) is 17.8 Å². The van der Waals surface area contributed by atoms with E-state index in [2.05, 4.69) is 27.8 Å². The lowest BCUT2D eigenvalue weighted by Crippen LogP contribution is -2.46. The van der Waals surface area contributed by atoms with Crippen molar-refractivity contribution in [3.8, 4) is 11.3 Å². The van der Waals surface area contributed by atoms with Crippen LogP contribution in [0.25, 0.3) is 11.3 Å². The number of rotatable bonds is 5. The van der Waals surface area contributed by atoms with Crippen LogP contribution in [0.2, 0.25) is 0 Å². The van der Waals surface area contributed by atoms with Crippen LogP contribution in [-0.4, -0.2) is 48.8 Å². The molecule has 0 aliphatic carbocycles. The van der Waals surface area contributed by atoms with Crippen LogP contribution in [0, 0.1) is 0 Å².